The van der Waals surface area contributed by atoms with Gasteiger partial charge in [0.1, 0.15) is 11.6 Å². The minimum atomic E-state index is -1.29. The lowest BCUT2D eigenvalue weighted by Crippen LogP contribution is -2.40. The fourth-order valence-electron chi connectivity index (χ4n) is 1.08. The van der Waals surface area contributed by atoms with Gasteiger partial charge in [0.15, 0.2) is 0 Å². The zero-order chi connectivity index (χ0) is 13.9. The Labute approximate surface area is 99.6 Å². The van der Waals surface area contributed by atoms with Crippen molar-refractivity contribution in [3.05, 3.63) is 38.3 Å². The van der Waals surface area contributed by atoms with Gasteiger partial charge in [-0.05, 0) is 6.92 Å². The Hall–Kier alpha value is -2.71. The lowest BCUT2D eigenvalue weighted by molar-refractivity contribution is -0.385. The zero-order valence-electron chi connectivity index (χ0n) is 9.17. The number of amides is 1. The van der Waals surface area contributed by atoms with Crippen LogP contribution in [0.4, 0.5) is 5.69 Å². The van der Waals surface area contributed by atoms with Gasteiger partial charge in [-0.2, -0.15) is 0 Å². The first-order valence-corrected chi connectivity index (χ1v) is 4.73. The molecule has 9 heteroatoms. The van der Waals surface area contributed by atoms with Crippen LogP contribution in [-0.4, -0.2) is 32.9 Å². The van der Waals surface area contributed by atoms with Crippen LogP contribution in [0.1, 0.15) is 17.3 Å². The van der Waals surface area contributed by atoms with Gasteiger partial charge in [-0.1, -0.05) is 0 Å². The minimum Gasteiger partial charge on any atom is -0.480 e. The fourth-order valence-corrected chi connectivity index (χ4v) is 1.08. The number of carbonyl (C=O) groups excluding carboxylic acids is 1. The second-order valence-corrected chi connectivity index (χ2v) is 3.39. The van der Waals surface area contributed by atoms with Crippen LogP contribution in [0.25, 0.3) is 0 Å². The smallest absolute Gasteiger partial charge is 0.325 e. The molecule has 96 valence electrons. The molecular formula is C9H9N3O6. The molecule has 3 N–H and O–H groups in total. The second kappa shape index (κ2) is 5.08. The first-order valence-electron chi connectivity index (χ1n) is 4.73. The van der Waals surface area contributed by atoms with Gasteiger partial charge in [0.25, 0.3) is 17.2 Å². The highest BCUT2D eigenvalue weighted by Crippen LogP contribution is 2.08. The van der Waals surface area contributed by atoms with Gasteiger partial charge in [0, 0.05) is 6.07 Å². The molecule has 0 bridgehead atoms. The van der Waals surface area contributed by atoms with E-state index in [1.54, 1.807) is 0 Å². The van der Waals surface area contributed by atoms with Gasteiger partial charge >= 0.3 is 5.97 Å². The molecule has 0 aromatic carbocycles. The van der Waals surface area contributed by atoms with E-state index in [0.29, 0.717) is 0 Å². The molecule has 0 aliphatic carbocycles. The molecule has 18 heavy (non-hydrogen) atoms. The number of aromatic amines is 1. The van der Waals surface area contributed by atoms with Crippen LogP contribution < -0.4 is 10.9 Å². The van der Waals surface area contributed by atoms with Crippen molar-refractivity contribution in [2.75, 3.05) is 0 Å². The first kappa shape index (κ1) is 13.4. The number of carboxylic acids is 1. The number of hydrogen-bond donors (Lipinski definition) is 3. The number of aromatic nitrogens is 1. The van der Waals surface area contributed by atoms with Crippen molar-refractivity contribution in [1.29, 1.82) is 0 Å². The maximum atomic E-state index is 11.5. The molecule has 1 amide bonds. The highest BCUT2D eigenvalue weighted by atomic mass is 16.6. The number of pyridine rings is 1. The summed E-state index contributed by atoms with van der Waals surface area (Å²) in [5.74, 6) is -2.28. The Morgan fingerprint density at radius 1 is 1.56 bits per heavy atom. The van der Waals surface area contributed by atoms with Crippen molar-refractivity contribution in [3.8, 4) is 0 Å². The SMILES string of the molecule is C[C@H](NC(=O)c1cc([N+](=O)[O-])c[nH]c1=O)C(=O)O. The third-order valence-corrected chi connectivity index (χ3v) is 2.06. The van der Waals surface area contributed by atoms with Crippen LogP contribution in [0.3, 0.4) is 0 Å². The van der Waals surface area contributed by atoms with E-state index >= 15 is 0 Å². The molecule has 1 heterocycles. The second-order valence-electron chi connectivity index (χ2n) is 3.39. The van der Waals surface area contributed by atoms with Crippen LogP contribution in [0.2, 0.25) is 0 Å². The molecule has 1 atom stereocenters. The number of nitro groups is 1. The maximum Gasteiger partial charge on any atom is 0.325 e. The average molecular weight is 255 g/mol. The molecular weight excluding hydrogens is 246 g/mol. The maximum absolute atomic E-state index is 11.5. The fraction of sp³-hybridized carbons (Fsp3) is 0.222. The number of nitrogens with zero attached hydrogens (tertiary/aromatic N) is 1. The van der Waals surface area contributed by atoms with E-state index < -0.39 is 39.7 Å². The van der Waals surface area contributed by atoms with Crippen LogP contribution >= 0.6 is 0 Å². The quantitative estimate of drug-likeness (QED) is 0.488. The minimum absolute atomic E-state index is 0.470. The lowest BCUT2D eigenvalue weighted by Gasteiger charge is -2.08. The third kappa shape index (κ3) is 2.90. The summed E-state index contributed by atoms with van der Waals surface area (Å²) in [6.07, 6.45) is 0.847. The van der Waals surface area contributed by atoms with Crippen LogP contribution in [0.15, 0.2) is 17.1 Å². The Morgan fingerprint density at radius 3 is 2.67 bits per heavy atom. The van der Waals surface area contributed by atoms with Crippen LogP contribution in [0.5, 0.6) is 0 Å². The molecule has 0 unspecified atom stereocenters. The van der Waals surface area contributed by atoms with Crippen molar-refractivity contribution in [2.24, 2.45) is 0 Å². The largest absolute Gasteiger partial charge is 0.480 e. The number of hydrogen-bond acceptors (Lipinski definition) is 5. The summed E-state index contributed by atoms with van der Waals surface area (Å²) < 4.78 is 0. The van der Waals surface area contributed by atoms with Crippen LogP contribution in [-0.2, 0) is 4.79 Å². The highest BCUT2D eigenvalue weighted by Gasteiger charge is 2.20. The van der Waals surface area contributed by atoms with E-state index in [0.717, 1.165) is 12.3 Å². The molecule has 0 aliphatic rings. The van der Waals surface area contributed by atoms with Gasteiger partial charge in [-0.15, -0.1) is 0 Å². The third-order valence-electron chi connectivity index (χ3n) is 2.06. The molecule has 1 aromatic rings. The molecule has 1 rings (SSSR count). The van der Waals surface area contributed by atoms with Crippen molar-refractivity contribution >= 4 is 17.6 Å². The number of carbonyl (C=O) groups is 2. The number of aliphatic carboxylic acids is 1. The monoisotopic (exact) mass is 255 g/mol. The molecule has 0 spiro atoms. The normalized spacial score (nSPS) is 11.6. The Morgan fingerprint density at radius 2 is 2.17 bits per heavy atom. The molecule has 0 aliphatic heterocycles. The first-order chi connectivity index (χ1) is 8.32. The predicted molar refractivity (Wildman–Crippen MR) is 58.3 cm³/mol. The summed E-state index contributed by atoms with van der Waals surface area (Å²) in [5, 5.41) is 21.1. The van der Waals surface area contributed by atoms with Crippen molar-refractivity contribution in [1.82, 2.24) is 10.3 Å². The number of rotatable bonds is 4. The van der Waals surface area contributed by atoms with Gasteiger partial charge in [0.05, 0.1) is 11.1 Å². The molecule has 0 radical (unpaired) electrons. The Bertz CT molecular complexity index is 564. The van der Waals surface area contributed by atoms with Gasteiger partial charge in [-0.25, -0.2) is 0 Å². The van der Waals surface area contributed by atoms with Crippen molar-refractivity contribution in [3.63, 3.8) is 0 Å². The average Bonchev–Trinajstić information content (AvgIpc) is 2.28. The Kier molecular flexibility index (Phi) is 3.77. The Balaban J connectivity index is 3.05. The molecule has 0 fully saturated rings. The standard InChI is InChI=1S/C9H9N3O6/c1-4(9(15)16)11-8(14)6-2-5(12(17)18)3-10-7(6)13/h2-4H,1H3,(H,10,13)(H,11,14)(H,15,16)/t4-/m0/s1. The summed E-state index contributed by atoms with van der Waals surface area (Å²) in [5.41, 5.74) is -1.82. The molecule has 0 saturated heterocycles. The van der Waals surface area contributed by atoms with E-state index in [1.165, 1.54) is 6.92 Å². The summed E-state index contributed by atoms with van der Waals surface area (Å²) in [4.78, 5) is 45.1. The summed E-state index contributed by atoms with van der Waals surface area (Å²) in [7, 11) is 0. The number of carboxylic acid groups (broad SMARTS) is 1. The summed E-state index contributed by atoms with van der Waals surface area (Å²) in [6, 6.07) is -0.431. The topological polar surface area (TPSA) is 142 Å². The van der Waals surface area contributed by atoms with Crippen molar-refractivity contribution < 1.29 is 19.6 Å². The van der Waals surface area contributed by atoms with E-state index in [9.17, 15) is 24.5 Å². The molecule has 0 saturated carbocycles. The highest BCUT2D eigenvalue weighted by molar-refractivity contribution is 5.96. The summed E-state index contributed by atoms with van der Waals surface area (Å²) >= 11 is 0. The van der Waals surface area contributed by atoms with E-state index in [-0.39, 0.29) is 0 Å². The summed E-state index contributed by atoms with van der Waals surface area (Å²) in [6.45, 7) is 1.20. The molecule has 9 nitrogen and oxygen atoms in total. The number of H-pyrrole nitrogens is 1. The zero-order valence-corrected chi connectivity index (χ0v) is 9.17. The van der Waals surface area contributed by atoms with E-state index in [1.807, 2.05) is 10.3 Å². The van der Waals surface area contributed by atoms with E-state index in [4.69, 9.17) is 5.11 Å². The lowest BCUT2D eigenvalue weighted by atomic mass is 10.2. The van der Waals surface area contributed by atoms with Gasteiger partial charge < -0.3 is 15.4 Å². The van der Waals surface area contributed by atoms with Crippen molar-refractivity contribution in [2.45, 2.75) is 13.0 Å². The number of nitrogens with one attached hydrogen (secondary N) is 2. The van der Waals surface area contributed by atoms with Crippen LogP contribution in [0, 0.1) is 10.1 Å². The van der Waals surface area contributed by atoms with Gasteiger partial charge in [0.2, 0.25) is 0 Å². The van der Waals surface area contributed by atoms with Gasteiger partial charge in [-0.3, -0.25) is 24.5 Å². The molecule has 1 aromatic heterocycles. The predicted octanol–water partition coefficient (Wildman–Crippen LogP) is -0.514. The van der Waals surface area contributed by atoms with E-state index in [2.05, 4.69) is 0 Å².